The maximum atomic E-state index is 12.8. The zero-order valence-corrected chi connectivity index (χ0v) is 12.4. The van der Waals surface area contributed by atoms with Crippen molar-refractivity contribution in [2.75, 3.05) is 6.61 Å². The van der Waals surface area contributed by atoms with Crippen molar-refractivity contribution in [2.45, 2.75) is 33.0 Å². The molecule has 1 aromatic rings. The van der Waals surface area contributed by atoms with Gasteiger partial charge < -0.3 is 10.1 Å². The molecule has 1 amide bonds. The largest absolute Gasteiger partial charge is 0.466 e. The van der Waals surface area contributed by atoms with Crippen LogP contribution in [0.4, 0.5) is 13.2 Å². The van der Waals surface area contributed by atoms with Crippen LogP contribution in [0.25, 0.3) is 0 Å². The Morgan fingerprint density at radius 1 is 1.36 bits per heavy atom. The molecule has 0 bridgehead atoms. The molecule has 8 heteroatoms. The van der Waals surface area contributed by atoms with Crippen LogP contribution in [-0.2, 0) is 15.7 Å². The summed E-state index contributed by atoms with van der Waals surface area (Å²) in [5.41, 5.74) is -1.85. The van der Waals surface area contributed by atoms with E-state index in [9.17, 15) is 22.8 Å². The fourth-order valence-corrected chi connectivity index (χ4v) is 1.70. The molecule has 0 saturated carbocycles. The molecule has 0 aliphatic heterocycles. The molecule has 1 aromatic heterocycles. The number of nitrogens with one attached hydrogen (secondary N) is 1. The van der Waals surface area contributed by atoms with Crippen LogP contribution >= 0.6 is 0 Å². The summed E-state index contributed by atoms with van der Waals surface area (Å²) in [4.78, 5) is 26.8. The van der Waals surface area contributed by atoms with E-state index in [2.05, 4.69) is 10.3 Å². The van der Waals surface area contributed by atoms with Crippen LogP contribution in [0.2, 0.25) is 0 Å². The first kappa shape index (κ1) is 17.9. The van der Waals surface area contributed by atoms with E-state index < -0.39 is 41.3 Å². The van der Waals surface area contributed by atoms with Crippen LogP contribution < -0.4 is 5.32 Å². The standard InChI is InChI=1S/C14H17F3N2O3/c1-4-22-13(21)8(2)9(3)19-12(20)10-6-5-7-18-11(10)14(15,16)17/h5-9H,4H2,1-3H3,(H,19,20)/t8-,9+/m0/s1. The van der Waals surface area contributed by atoms with Crippen molar-refractivity contribution in [3.8, 4) is 0 Å². The molecule has 122 valence electrons. The lowest BCUT2D eigenvalue weighted by Gasteiger charge is -2.20. The summed E-state index contributed by atoms with van der Waals surface area (Å²) < 4.78 is 43.3. The molecule has 0 unspecified atom stereocenters. The molecule has 0 radical (unpaired) electrons. The summed E-state index contributed by atoms with van der Waals surface area (Å²) in [5, 5.41) is 2.37. The third-order valence-electron chi connectivity index (χ3n) is 3.09. The molecule has 22 heavy (non-hydrogen) atoms. The van der Waals surface area contributed by atoms with Gasteiger partial charge in [-0.15, -0.1) is 0 Å². The summed E-state index contributed by atoms with van der Waals surface area (Å²) in [7, 11) is 0. The van der Waals surface area contributed by atoms with Gasteiger partial charge in [0.25, 0.3) is 5.91 Å². The van der Waals surface area contributed by atoms with E-state index in [0.29, 0.717) is 0 Å². The number of amides is 1. The molecule has 0 aliphatic carbocycles. The van der Waals surface area contributed by atoms with E-state index in [4.69, 9.17) is 4.74 Å². The molecule has 1 N–H and O–H groups in total. The summed E-state index contributed by atoms with van der Waals surface area (Å²) >= 11 is 0. The normalized spacial score (nSPS) is 14.1. The lowest BCUT2D eigenvalue weighted by molar-refractivity contribution is -0.148. The number of rotatable bonds is 5. The highest BCUT2D eigenvalue weighted by Crippen LogP contribution is 2.30. The maximum Gasteiger partial charge on any atom is 0.434 e. The first-order valence-electron chi connectivity index (χ1n) is 6.68. The van der Waals surface area contributed by atoms with E-state index in [0.717, 1.165) is 12.3 Å². The Balaban J connectivity index is 2.88. The summed E-state index contributed by atoms with van der Waals surface area (Å²) in [6, 6.07) is 1.59. The predicted molar refractivity (Wildman–Crippen MR) is 72.0 cm³/mol. The fourth-order valence-electron chi connectivity index (χ4n) is 1.70. The fraction of sp³-hybridized carbons (Fsp3) is 0.500. The van der Waals surface area contributed by atoms with E-state index in [1.54, 1.807) is 6.92 Å². The molecule has 1 rings (SSSR count). The zero-order valence-electron chi connectivity index (χ0n) is 12.4. The van der Waals surface area contributed by atoms with E-state index in [-0.39, 0.29) is 6.61 Å². The predicted octanol–water partition coefficient (Wildman–Crippen LogP) is 2.42. The molecule has 5 nitrogen and oxygen atoms in total. The molecular formula is C14H17F3N2O3. The second-order valence-electron chi connectivity index (χ2n) is 4.70. The number of ether oxygens (including phenoxy) is 1. The van der Waals surface area contributed by atoms with Crippen molar-refractivity contribution in [3.63, 3.8) is 0 Å². The van der Waals surface area contributed by atoms with Crippen LogP contribution in [0, 0.1) is 5.92 Å². The number of aromatic nitrogens is 1. The van der Waals surface area contributed by atoms with Gasteiger partial charge in [-0.2, -0.15) is 13.2 Å². The van der Waals surface area contributed by atoms with Gasteiger partial charge in [-0.1, -0.05) is 0 Å². The number of alkyl halides is 3. The molecule has 0 spiro atoms. The Hall–Kier alpha value is -2.12. The van der Waals surface area contributed by atoms with E-state index >= 15 is 0 Å². The van der Waals surface area contributed by atoms with Gasteiger partial charge in [-0.25, -0.2) is 0 Å². The Morgan fingerprint density at radius 3 is 2.55 bits per heavy atom. The topological polar surface area (TPSA) is 68.3 Å². The smallest absolute Gasteiger partial charge is 0.434 e. The number of nitrogens with zero attached hydrogens (tertiary/aromatic N) is 1. The molecule has 0 fully saturated rings. The number of pyridine rings is 1. The van der Waals surface area contributed by atoms with Gasteiger partial charge in [0.15, 0.2) is 5.69 Å². The number of esters is 1. The van der Waals surface area contributed by atoms with Crippen LogP contribution in [0.5, 0.6) is 0 Å². The zero-order chi connectivity index (χ0) is 16.9. The van der Waals surface area contributed by atoms with Crippen LogP contribution in [0.15, 0.2) is 18.3 Å². The van der Waals surface area contributed by atoms with Gasteiger partial charge in [0.05, 0.1) is 18.1 Å². The molecule has 1 heterocycles. The molecular weight excluding hydrogens is 301 g/mol. The van der Waals surface area contributed by atoms with Gasteiger partial charge >= 0.3 is 12.1 Å². The average Bonchev–Trinajstić information content (AvgIpc) is 2.45. The highest BCUT2D eigenvalue weighted by molar-refractivity contribution is 5.95. The minimum Gasteiger partial charge on any atom is -0.466 e. The number of halogens is 3. The second kappa shape index (κ2) is 7.24. The highest BCUT2D eigenvalue weighted by Gasteiger charge is 2.37. The lowest BCUT2D eigenvalue weighted by Crippen LogP contribution is -2.41. The summed E-state index contributed by atoms with van der Waals surface area (Å²) in [5.74, 6) is -2.16. The Bertz CT molecular complexity index is 546. The van der Waals surface area contributed by atoms with E-state index in [1.165, 1.54) is 19.9 Å². The van der Waals surface area contributed by atoms with Gasteiger partial charge in [-0.05, 0) is 32.9 Å². The van der Waals surface area contributed by atoms with Crippen molar-refractivity contribution >= 4 is 11.9 Å². The molecule has 0 saturated heterocycles. The van der Waals surface area contributed by atoms with Crippen molar-refractivity contribution in [3.05, 3.63) is 29.6 Å². The quantitative estimate of drug-likeness (QED) is 0.847. The number of hydrogen-bond donors (Lipinski definition) is 1. The summed E-state index contributed by atoms with van der Waals surface area (Å²) in [6.07, 6.45) is -3.77. The Labute approximate surface area is 125 Å². The van der Waals surface area contributed by atoms with Crippen molar-refractivity contribution in [2.24, 2.45) is 5.92 Å². The molecule has 2 atom stereocenters. The van der Waals surface area contributed by atoms with Crippen LogP contribution in [0.1, 0.15) is 36.8 Å². The lowest BCUT2D eigenvalue weighted by atomic mass is 10.0. The second-order valence-corrected chi connectivity index (χ2v) is 4.70. The van der Waals surface area contributed by atoms with Gasteiger partial charge in [0.1, 0.15) is 0 Å². The van der Waals surface area contributed by atoms with Crippen LogP contribution in [-0.4, -0.2) is 29.5 Å². The van der Waals surface area contributed by atoms with E-state index in [1.807, 2.05) is 0 Å². The maximum absolute atomic E-state index is 12.8. The Morgan fingerprint density at radius 2 is 2.00 bits per heavy atom. The number of carbonyl (C=O) groups excluding carboxylic acids is 2. The van der Waals surface area contributed by atoms with Gasteiger partial charge in [-0.3, -0.25) is 14.6 Å². The monoisotopic (exact) mass is 318 g/mol. The number of carbonyl (C=O) groups is 2. The Kier molecular flexibility index (Phi) is 5.90. The molecule has 0 aliphatic rings. The summed E-state index contributed by atoms with van der Waals surface area (Å²) in [6.45, 7) is 4.86. The SMILES string of the molecule is CCOC(=O)[C@@H](C)[C@@H](C)NC(=O)c1cccnc1C(F)(F)F. The van der Waals surface area contributed by atoms with Crippen molar-refractivity contribution in [1.29, 1.82) is 0 Å². The minimum atomic E-state index is -4.73. The third kappa shape index (κ3) is 4.44. The number of hydrogen-bond acceptors (Lipinski definition) is 4. The first-order chi connectivity index (χ1) is 10.2. The van der Waals surface area contributed by atoms with Gasteiger partial charge in [0, 0.05) is 12.2 Å². The van der Waals surface area contributed by atoms with Crippen molar-refractivity contribution < 1.29 is 27.5 Å². The third-order valence-corrected chi connectivity index (χ3v) is 3.09. The van der Waals surface area contributed by atoms with Crippen molar-refractivity contribution in [1.82, 2.24) is 10.3 Å². The molecule has 0 aromatic carbocycles. The van der Waals surface area contributed by atoms with Crippen LogP contribution in [0.3, 0.4) is 0 Å². The first-order valence-corrected chi connectivity index (χ1v) is 6.68. The average molecular weight is 318 g/mol. The minimum absolute atomic E-state index is 0.185. The highest BCUT2D eigenvalue weighted by atomic mass is 19.4. The van der Waals surface area contributed by atoms with Gasteiger partial charge in [0.2, 0.25) is 0 Å².